The molecule has 3 nitrogen and oxygen atoms in total. The molecule has 3 heteroatoms. The van der Waals surface area contributed by atoms with Crippen LogP contribution in [0.4, 0.5) is 0 Å². The van der Waals surface area contributed by atoms with E-state index in [0.29, 0.717) is 10.8 Å². The monoisotopic (exact) mass is 238 g/mol. The lowest BCUT2D eigenvalue weighted by molar-refractivity contribution is -0.357. The zero-order valence-electron chi connectivity index (χ0n) is 10.9. The van der Waals surface area contributed by atoms with Crippen molar-refractivity contribution < 1.29 is 14.2 Å². The standard InChI is InChI=1S/C14H22O3/c1-11-3-5-13(11,9-16-11)7-15-8-14-6-4-12(14,2)17-10-14/h3-10H2,1-2H3. The second-order valence-corrected chi connectivity index (χ2v) is 7.09. The first-order valence-electron chi connectivity index (χ1n) is 6.89. The maximum Gasteiger partial charge on any atom is 0.0755 e. The van der Waals surface area contributed by atoms with Gasteiger partial charge in [0.1, 0.15) is 0 Å². The van der Waals surface area contributed by atoms with Crippen molar-refractivity contribution >= 4 is 0 Å². The highest BCUT2D eigenvalue weighted by Gasteiger charge is 2.67. The van der Waals surface area contributed by atoms with Crippen LogP contribution in [-0.2, 0) is 14.2 Å². The fraction of sp³-hybridized carbons (Fsp3) is 1.00. The van der Waals surface area contributed by atoms with Gasteiger partial charge in [0.2, 0.25) is 0 Å². The summed E-state index contributed by atoms with van der Waals surface area (Å²) in [5.74, 6) is 0. The lowest BCUT2D eigenvalue weighted by Crippen LogP contribution is -2.72. The highest BCUT2D eigenvalue weighted by atomic mass is 16.6. The van der Waals surface area contributed by atoms with Crippen LogP contribution in [0.5, 0.6) is 0 Å². The Bertz CT molecular complexity index is 312. The summed E-state index contributed by atoms with van der Waals surface area (Å²) < 4.78 is 17.4. The molecular formula is C14H22O3. The first-order chi connectivity index (χ1) is 8.04. The Hall–Kier alpha value is -0.120. The van der Waals surface area contributed by atoms with Crippen molar-refractivity contribution in [3.63, 3.8) is 0 Å². The van der Waals surface area contributed by atoms with E-state index in [2.05, 4.69) is 13.8 Å². The van der Waals surface area contributed by atoms with Crippen LogP contribution in [-0.4, -0.2) is 37.6 Å². The van der Waals surface area contributed by atoms with Gasteiger partial charge in [0.05, 0.1) is 37.6 Å². The van der Waals surface area contributed by atoms with Crippen LogP contribution in [0.25, 0.3) is 0 Å². The van der Waals surface area contributed by atoms with Gasteiger partial charge in [0.15, 0.2) is 0 Å². The van der Waals surface area contributed by atoms with Gasteiger partial charge in [-0.25, -0.2) is 0 Å². The van der Waals surface area contributed by atoms with Crippen LogP contribution in [0.2, 0.25) is 0 Å². The minimum atomic E-state index is 0.143. The third-order valence-electron chi connectivity index (χ3n) is 6.50. The van der Waals surface area contributed by atoms with Crippen LogP contribution >= 0.6 is 0 Å². The lowest BCUT2D eigenvalue weighted by Gasteiger charge is -2.67. The quantitative estimate of drug-likeness (QED) is 0.751. The molecule has 0 aromatic rings. The van der Waals surface area contributed by atoms with Crippen LogP contribution in [0.15, 0.2) is 0 Å². The van der Waals surface area contributed by atoms with Gasteiger partial charge in [-0.05, 0) is 39.5 Å². The summed E-state index contributed by atoms with van der Waals surface area (Å²) in [5.41, 5.74) is 0.996. The normalized spacial score (nSPS) is 58.9. The van der Waals surface area contributed by atoms with Crippen molar-refractivity contribution in [2.24, 2.45) is 10.8 Å². The lowest BCUT2D eigenvalue weighted by atomic mass is 9.53. The first-order valence-corrected chi connectivity index (χ1v) is 6.89. The summed E-state index contributed by atoms with van der Waals surface area (Å²) in [6.07, 6.45) is 4.99. The van der Waals surface area contributed by atoms with E-state index >= 15 is 0 Å². The third-order valence-corrected chi connectivity index (χ3v) is 6.50. The molecule has 96 valence electrons. The molecular weight excluding hydrogens is 216 g/mol. The van der Waals surface area contributed by atoms with Crippen molar-refractivity contribution in [2.75, 3.05) is 26.4 Å². The molecule has 2 saturated heterocycles. The van der Waals surface area contributed by atoms with Gasteiger partial charge in [-0.15, -0.1) is 0 Å². The molecule has 0 bridgehead atoms. The minimum Gasteiger partial charge on any atom is -0.380 e. The first kappa shape index (κ1) is 10.8. The van der Waals surface area contributed by atoms with E-state index in [9.17, 15) is 0 Å². The fourth-order valence-corrected chi connectivity index (χ4v) is 3.97. The number of ether oxygens (including phenoxy) is 3. The Kier molecular flexibility index (Phi) is 1.83. The van der Waals surface area contributed by atoms with Gasteiger partial charge in [0.25, 0.3) is 0 Å². The zero-order valence-corrected chi connectivity index (χ0v) is 10.9. The molecule has 4 aliphatic rings. The maximum atomic E-state index is 6.06. The summed E-state index contributed by atoms with van der Waals surface area (Å²) in [6, 6.07) is 0. The van der Waals surface area contributed by atoms with Crippen LogP contribution < -0.4 is 0 Å². The molecule has 2 saturated carbocycles. The fourth-order valence-electron chi connectivity index (χ4n) is 3.97. The van der Waals surface area contributed by atoms with Gasteiger partial charge in [-0.3, -0.25) is 0 Å². The molecule has 0 aromatic heterocycles. The molecule has 0 radical (unpaired) electrons. The van der Waals surface area contributed by atoms with E-state index in [1.165, 1.54) is 25.7 Å². The Balaban J connectivity index is 1.33. The molecule has 2 heterocycles. The summed E-state index contributed by atoms with van der Waals surface area (Å²) in [6.45, 7) is 8.07. The van der Waals surface area contributed by atoms with Gasteiger partial charge in [0, 0.05) is 10.8 Å². The van der Waals surface area contributed by atoms with Crippen molar-refractivity contribution in [3.05, 3.63) is 0 Å². The molecule has 17 heavy (non-hydrogen) atoms. The molecule has 4 rings (SSSR count). The molecule has 4 atom stereocenters. The van der Waals surface area contributed by atoms with Crippen molar-refractivity contribution in [2.45, 2.75) is 50.7 Å². The van der Waals surface area contributed by atoms with Gasteiger partial charge < -0.3 is 14.2 Å². The van der Waals surface area contributed by atoms with E-state index < -0.39 is 0 Å². The second kappa shape index (κ2) is 2.89. The van der Waals surface area contributed by atoms with Crippen LogP contribution in [0.3, 0.4) is 0 Å². The highest BCUT2D eigenvalue weighted by Crippen LogP contribution is 2.62. The molecule has 0 N–H and O–H groups in total. The summed E-state index contributed by atoms with van der Waals surface area (Å²) >= 11 is 0. The van der Waals surface area contributed by atoms with E-state index in [1.54, 1.807) is 0 Å². The zero-order chi connectivity index (χ0) is 11.8. The minimum absolute atomic E-state index is 0.143. The van der Waals surface area contributed by atoms with E-state index in [0.717, 1.165) is 26.4 Å². The van der Waals surface area contributed by atoms with Crippen molar-refractivity contribution in [1.29, 1.82) is 0 Å². The van der Waals surface area contributed by atoms with Crippen molar-refractivity contribution in [3.8, 4) is 0 Å². The van der Waals surface area contributed by atoms with Gasteiger partial charge in [-0.2, -0.15) is 0 Å². The number of fused-ring (bicyclic) bond motifs is 2. The molecule has 2 aliphatic carbocycles. The van der Waals surface area contributed by atoms with E-state index in [1.807, 2.05) is 0 Å². The van der Waals surface area contributed by atoms with Gasteiger partial charge >= 0.3 is 0 Å². The topological polar surface area (TPSA) is 27.7 Å². The third kappa shape index (κ3) is 1.05. The Morgan fingerprint density at radius 3 is 1.47 bits per heavy atom. The average Bonchev–Trinajstić information content (AvgIpc) is 2.35. The Labute approximate surface area is 103 Å². The highest BCUT2D eigenvalue weighted by molar-refractivity contribution is 5.15. The summed E-state index contributed by atoms with van der Waals surface area (Å²) in [5, 5.41) is 0. The number of rotatable bonds is 4. The molecule has 0 spiro atoms. The molecule has 0 aromatic carbocycles. The van der Waals surface area contributed by atoms with Crippen LogP contribution in [0.1, 0.15) is 39.5 Å². The second-order valence-electron chi connectivity index (χ2n) is 7.09. The maximum absolute atomic E-state index is 6.06. The molecule has 4 fully saturated rings. The molecule has 0 amide bonds. The predicted octanol–water partition coefficient (Wildman–Crippen LogP) is 2.14. The summed E-state index contributed by atoms with van der Waals surface area (Å²) in [4.78, 5) is 0. The molecule has 4 unspecified atom stereocenters. The number of hydrogen-bond acceptors (Lipinski definition) is 3. The Morgan fingerprint density at radius 1 is 0.824 bits per heavy atom. The predicted molar refractivity (Wildman–Crippen MR) is 62.9 cm³/mol. The average molecular weight is 238 g/mol. The van der Waals surface area contributed by atoms with Crippen molar-refractivity contribution in [1.82, 2.24) is 0 Å². The molecule has 2 aliphatic heterocycles. The van der Waals surface area contributed by atoms with Gasteiger partial charge in [-0.1, -0.05) is 0 Å². The van der Waals surface area contributed by atoms with E-state index in [4.69, 9.17) is 14.2 Å². The Morgan fingerprint density at radius 2 is 1.29 bits per heavy atom. The summed E-state index contributed by atoms with van der Waals surface area (Å²) in [7, 11) is 0. The SMILES string of the molecule is CC12CCC1(COCC13CCC1(C)OC3)CO2. The smallest absolute Gasteiger partial charge is 0.0755 e. The van der Waals surface area contributed by atoms with Crippen LogP contribution in [0, 0.1) is 10.8 Å². The van der Waals surface area contributed by atoms with E-state index in [-0.39, 0.29) is 11.2 Å². The largest absolute Gasteiger partial charge is 0.380 e. The number of hydrogen-bond donors (Lipinski definition) is 0.